The Morgan fingerprint density at radius 3 is 2.33 bits per heavy atom. The topological polar surface area (TPSA) is 76.7 Å². The van der Waals surface area contributed by atoms with E-state index in [1.807, 2.05) is 24.3 Å². The highest BCUT2D eigenvalue weighted by molar-refractivity contribution is 6.59. The van der Waals surface area contributed by atoms with Crippen molar-refractivity contribution in [1.29, 1.82) is 0 Å². The van der Waals surface area contributed by atoms with Gasteiger partial charge in [0.25, 0.3) is 0 Å². The molecule has 2 rings (SSSR count). The molecule has 6 nitrogen and oxygen atoms in total. The molecule has 0 bridgehead atoms. The first-order chi connectivity index (χ1) is 11.1. The van der Waals surface area contributed by atoms with Gasteiger partial charge in [-0.3, -0.25) is 4.68 Å². The molecule has 1 heterocycles. The second kappa shape index (κ2) is 6.97. The lowest BCUT2D eigenvalue weighted by atomic mass is 9.78. The van der Waals surface area contributed by atoms with Crippen LogP contribution in [0.3, 0.4) is 0 Å². The highest BCUT2D eigenvalue weighted by Crippen LogP contribution is 2.25. The zero-order valence-corrected chi connectivity index (χ0v) is 14.9. The molecule has 1 aromatic carbocycles. The van der Waals surface area contributed by atoms with Gasteiger partial charge in [0, 0.05) is 17.9 Å². The number of nitrogens with zero attached hydrogens (tertiary/aromatic N) is 2. The second-order valence-electron chi connectivity index (χ2n) is 6.86. The SMILES string of the molecule is COc1ccc(Cn2cc(B(O)OC(C)(C)C(C)(C)O)cn2)cc1. The molecule has 2 aromatic rings. The van der Waals surface area contributed by atoms with Crippen LogP contribution in [-0.4, -0.2) is 45.3 Å². The lowest BCUT2D eigenvalue weighted by Crippen LogP contribution is -2.53. The predicted molar refractivity (Wildman–Crippen MR) is 93.4 cm³/mol. The van der Waals surface area contributed by atoms with Gasteiger partial charge in [-0.25, -0.2) is 0 Å². The van der Waals surface area contributed by atoms with Crippen LogP contribution in [0, 0.1) is 0 Å². The van der Waals surface area contributed by atoms with E-state index in [-0.39, 0.29) is 0 Å². The van der Waals surface area contributed by atoms with Crippen LogP contribution in [0.25, 0.3) is 0 Å². The fourth-order valence-corrected chi connectivity index (χ4v) is 2.00. The van der Waals surface area contributed by atoms with Crippen LogP contribution >= 0.6 is 0 Å². The number of ether oxygens (including phenoxy) is 1. The molecule has 7 heteroatoms. The summed E-state index contributed by atoms with van der Waals surface area (Å²) in [5.41, 5.74) is -0.393. The van der Waals surface area contributed by atoms with E-state index in [4.69, 9.17) is 9.39 Å². The molecule has 0 fully saturated rings. The Balaban J connectivity index is 2.04. The molecule has 0 amide bonds. The van der Waals surface area contributed by atoms with Gasteiger partial charge in [-0.1, -0.05) is 12.1 Å². The van der Waals surface area contributed by atoms with Crippen LogP contribution in [0.1, 0.15) is 33.3 Å². The minimum Gasteiger partial charge on any atom is -0.497 e. The maximum atomic E-state index is 10.3. The number of hydrogen-bond donors (Lipinski definition) is 2. The molecule has 0 unspecified atom stereocenters. The van der Waals surface area contributed by atoms with Crippen molar-refractivity contribution in [1.82, 2.24) is 9.78 Å². The predicted octanol–water partition coefficient (Wildman–Crippen LogP) is 1.19. The van der Waals surface area contributed by atoms with Gasteiger partial charge < -0.3 is 19.5 Å². The molecular weight excluding hydrogens is 307 g/mol. The van der Waals surface area contributed by atoms with Crippen molar-refractivity contribution in [2.24, 2.45) is 0 Å². The first-order valence-electron chi connectivity index (χ1n) is 7.86. The molecule has 0 saturated carbocycles. The highest BCUT2D eigenvalue weighted by atomic mass is 16.5. The normalized spacial score (nSPS) is 12.3. The third-order valence-corrected chi connectivity index (χ3v) is 4.32. The van der Waals surface area contributed by atoms with E-state index in [1.54, 1.807) is 51.9 Å². The van der Waals surface area contributed by atoms with E-state index in [0.717, 1.165) is 11.3 Å². The number of aliphatic hydroxyl groups is 1. The first kappa shape index (κ1) is 18.5. The number of benzene rings is 1. The zero-order valence-electron chi connectivity index (χ0n) is 14.9. The molecule has 0 saturated heterocycles. The summed E-state index contributed by atoms with van der Waals surface area (Å²) >= 11 is 0. The van der Waals surface area contributed by atoms with Gasteiger partial charge >= 0.3 is 7.12 Å². The summed E-state index contributed by atoms with van der Waals surface area (Å²) in [5, 5.41) is 24.6. The lowest BCUT2D eigenvalue weighted by Gasteiger charge is -2.38. The highest BCUT2D eigenvalue weighted by Gasteiger charge is 2.39. The Morgan fingerprint density at radius 1 is 1.17 bits per heavy atom. The standard InChI is InChI=1S/C17H25BN2O4/c1-16(2,21)17(3,4)24-18(22)14-10-19-20(12-14)11-13-6-8-15(23-5)9-7-13/h6-10,12,21-22H,11H2,1-5H3. The average Bonchev–Trinajstić information content (AvgIpc) is 2.95. The van der Waals surface area contributed by atoms with E-state index in [0.29, 0.717) is 12.0 Å². The van der Waals surface area contributed by atoms with Crippen LogP contribution in [-0.2, 0) is 11.2 Å². The molecule has 0 aliphatic rings. The Kier molecular flexibility index (Phi) is 5.37. The second-order valence-corrected chi connectivity index (χ2v) is 6.86. The minimum atomic E-state index is -1.16. The molecule has 0 radical (unpaired) electrons. The molecule has 0 atom stereocenters. The maximum Gasteiger partial charge on any atom is 0.494 e. The van der Waals surface area contributed by atoms with Crippen molar-refractivity contribution in [3.63, 3.8) is 0 Å². The molecule has 0 aliphatic carbocycles. The Bertz CT molecular complexity index is 662. The maximum absolute atomic E-state index is 10.3. The van der Waals surface area contributed by atoms with Gasteiger partial charge in [0.15, 0.2) is 0 Å². The number of hydrogen-bond acceptors (Lipinski definition) is 5. The third kappa shape index (κ3) is 4.38. The Labute approximate surface area is 143 Å². The lowest BCUT2D eigenvalue weighted by molar-refractivity contribution is -0.0982. The summed E-state index contributed by atoms with van der Waals surface area (Å²) in [5.74, 6) is 0.803. The molecule has 2 N–H and O–H groups in total. The fourth-order valence-electron chi connectivity index (χ4n) is 2.00. The average molecular weight is 332 g/mol. The van der Waals surface area contributed by atoms with E-state index in [9.17, 15) is 10.1 Å². The molecule has 130 valence electrons. The van der Waals surface area contributed by atoms with Crippen molar-refractivity contribution in [3.8, 4) is 5.75 Å². The van der Waals surface area contributed by atoms with Gasteiger partial charge in [0.2, 0.25) is 0 Å². The Morgan fingerprint density at radius 2 is 1.79 bits per heavy atom. The number of methoxy groups -OCH3 is 1. The van der Waals surface area contributed by atoms with Gasteiger partial charge in [-0.2, -0.15) is 5.10 Å². The number of aromatic nitrogens is 2. The summed E-state index contributed by atoms with van der Waals surface area (Å²) < 4.78 is 12.5. The van der Waals surface area contributed by atoms with Crippen molar-refractivity contribution in [2.75, 3.05) is 7.11 Å². The molecule has 0 aliphatic heterocycles. The molecule has 0 spiro atoms. The van der Waals surface area contributed by atoms with Crippen LogP contribution < -0.4 is 10.2 Å². The summed E-state index contributed by atoms with van der Waals surface area (Å²) in [4.78, 5) is 0. The summed E-state index contributed by atoms with van der Waals surface area (Å²) in [6, 6.07) is 7.71. The minimum absolute atomic E-state index is 0.542. The summed E-state index contributed by atoms with van der Waals surface area (Å²) in [7, 11) is 0.474. The van der Waals surface area contributed by atoms with Crippen LogP contribution in [0.5, 0.6) is 5.75 Å². The van der Waals surface area contributed by atoms with Crippen molar-refractivity contribution < 1.29 is 19.5 Å². The van der Waals surface area contributed by atoms with E-state index < -0.39 is 18.3 Å². The van der Waals surface area contributed by atoms with Gasteiger partial charge in [-0.15, -0.1) is 0 Å². The van der Waals surface area contributed by atoms with Crippen LogP contribution in [0.15, 0.2) is 36.7 Å². The van der Waals surface area contributed by atoms with Gasteiger partial charge in [-0.05, 0) is 45.4 Å². The third-order valence-electron chi connectivity index (χ3n) is 4.32. The smallest absolute Gasteiger partial charge is 0.494 e. The van der Waals surface area contributed by atoms with E-state index in [1.165, 1.54) is 0 Å². The van der Waals surface area contributed by atoms with Crippen LogP contribution in [0.4, 0.5) is 0 Å². The van der Waals surface area contributed by atoms with Crippen LogP contribution in [0.2, 0.25) is 0 Å². The fraction of sp³-hybridized carbons (Fsp3) is 0.471. The van der Waals surface area contributed by atoms with Gasteiger partial charge in [0.1, 0.15) is 5.75 Å². The van der Waals surface area contributed by atoms with Crippen molar-refractivity contribution in [3.05, 3.63) is 42.2 Å². The largest absolute Gasteiger partial charge is 0.497 e. The quantitative estimate of drug-likeness (QED) is 0.745. The zero-order chi connectivity index (χ0) is 18.0. The summed E-state index contributed by atoms with van der Waals surface area (Å²) in [6.07, 6.45) is 3.30. The number of rotatable bonds is 7. The van der Waals surface area contributed by atoms with Crippen molar-refractivity contribution >= 4 is 12.6 Å². The van der Waals surface area contributed by atoms with Gasteiger partial charge in [0.05, 0.1) is 24.9 Å². The van der Waals surface area contributed by atoms with E-state index >= 15 is 0 Å². The van der Waals surface area contributed by atoms with E-state index in [2.05, 4.69) is 5.10 Å². The van der Waals surface area contributed by atoms with Crippen molar-refractivity contribution in [2.45, 2.75) is 45.4 Å². The molecule has 24 heavy (non-hydrogen) atoms. The molecule has 1 aromatic heterocycles. The molecular formula is C17H25BN2O4. The monoisotopic (exact) mass is 332 g/mol. The summed E-state index contributed by atoms with van der Waals surface area (Å²) in [6.45, 7) is 7.33. The first-order valence-corrected chi connectivity index (χ1v) is 7.86. The Hall–Kier alpha value is -1.83.